The summed E-state index contributed by atoms with van der Waals surface area (Å²) in [5.41, 5.74) is 6.29. The number of pyridine rings is 3. The Labute approximate surface area is 290 Å². The van der Waals surface area contributed by atoms with Crippen LogP contribution in [0.4, 0.5) is 0 Å². The van der Waals surface area contributed by atoms with E-state index in [1.807, 2.05) is 109 Å². The average Bonchev–Trinajstić information content (AvgIpc) is 3.21. The molecule has 0 radical (unpaired) electrons. The molecule has 0 N–H and O–H groups in total. The molecule has 0 amide bonds. The van der Waals surface area contributed by atoms with E-state index in [9.17, 15) is 0 Å². The Balaban J connectivity index is 1.28. The van der Waals surface area contributed by atoms with Gasteiger partial charge in [0.05, 0.1) is 28.3 Å². The number of para-hydroxylation sites is 1. The Hall–Kier alpha value is -6.22. The first-order valence-electron chi connectivity index (χ1n) is 16.6. The van der Waals surface area contributed by atoms with Crippen LogP contribution in [0.2, 0.25) is 0 Å². The van der Waals surface area contributed by atoms with Crippen LogP contribution in [0, 0.1) is 0 Å². The van der Waals surface area contributed by atoms with Crippen LogP contribution >= 0.6 is 7.14 Å². The van der Waals surface area contributed by atoms with E-state index in [4.69, 9.17) is 9.97 Å². The summed E-state index contributed by atoms with van der Waals surface area (Å²) in [5, 5.41) is 7.94. The van der Waals surface area contributed by atoms with Crippen molar-refractivity contribution in [2.24, 2.45) is 0 Å². The SMILES string of the molecule is O=P(c1ccccc1)(c1ccccc1)c1ccc(-c2nc3ccccc3c3c2cc(-c2cccc(-c4ccccn4)n2)c2ccccc23)cc1. The van der Waals surface area contributed by atoms with Crippen LogP contribution in [0.15, 0.2) is 182 Å². The van der Waals surface area contributed by atoms with Crippen LogP contribution in [-0.4, -0.2) is 15.0 Å². The van der Waals surface area contributed by atoms with Gasteiger partial charge < -0.3 is 4.57 Å². The molecule has 0 saturated carbocycles. The zero-order chi connectivity index (χ0) is 33.5. The fourth-order valence-electron chi connectivity index (χ4n) is 7.04. The van der Waals surface area contributed by atoms with Crippen molar-refractivity contribution in [2.45, 2.75) is 0 Å². The second-order valence-electron chi connectivity index (χ2n) is 12.3. The molecule has 9 rings (SSSR count). The molecule has 0 aliphatic carbocycles. The maximum atomic E-state index is 15.1. The Morgan fingerprint density at radius 1 is 0.420 bits per heavy atom. The first kappa shape index (κ1) is 29.9. The Morgan fingerprint density at radius 3 is 1.70 bits per heavy atom. The van der Waals surface area contributed by atoms with Crippen molar-refractivity contribution >= 4 is 55.5 Å². The molecule has 0 fully saturated rings. The lowest BCUT2D eigenvalue weighted by molar-refractivity contribution is 0.592. The highest BCUT2D eigenvalue weighted by Crippen LogP contribution is 2.44. The highest BCUT2D eigenvalue weighted by atomic mass is 31.2. The lowest BCUT2D eigenvalue weighted by Crippen LogP contribution is -2.24. The molecule has 0 spiro atoms. The van der Waals surface area contributed by atoms with E-state index >= 15 is 4.57 Å². The minimum atomic E-state index is -3.12. The van der Waals surface area contributed by atoms with Crippen molar-refractivity contribution in [3.8, 4) is 33.9 Å². The molecule has 0 aliphatic heterocycles. The summed E-state index contributed by atoms with van der Waals surface area (Å²) < 4.78 is 15.1. The third-order valence-electron chi connectivity index (χ3n) is 9.40. The summed E-state index contributed by atoms with van der Waals surface area (Å²) >= 11 is 0. The number of rotatable bonds is 6. The summed E-state index contributed by atoms with van der Waals surface area (Å²) in [7, 11) is -3.12. The van der Waals surface area contributed by atoms with E-state index in [1.165, 1.54) is 0 Å². The van der Waals surface area contributed by atoms with Crippen LogP contribution in [0.25, 0.3) is 66.4 Å². The highest BCUT2D eigenvalue weighted by Gasteiger charge is 2.29. The number of nitrogens with zero attached hydrogens (tertiary/aromatic N) is 3. The third kappa shape index (κ3) is 5.01. The van der Waals surface area contributed by atoms with Gasteiger partial charge in [-0.3, -0.25) is 4.98 Å². The molecule has 9 aromatic rings. The first-order chi connectivity index (χ1) is 24.7. The van der Waals surface area contributed by atoms with Gasteiger partial charge in [-0.1, -0.05) is 140 Å². The summed E-state index contributed by atoms with van der Waals surface area (Å²) in [6.07, 6.45) is 1.79. The zero-order valence-corrected chi connectivity index (χ0v) is 27.9. The molecule has 236 valence electrons. The molecule has 4 nitrogen and oxygen atoms in total. The molecule has 0 atom stereocenters. The number of hydrogen-bond acceptors (Lipinski definition) is 4. The molecular formula is C45H30N3OP. The number of benzene rings is 6. The maximum absolute atomic E-state index is 15.1. The van der Waals surface area contributed by atoms with Crippen LogP contribution in [0.5, 0.6) is 0 Å². The lowest BCUT2D eigenvalue weighted by atomic mass is 9.91. The van der Waals surface area contributed by atoms with Gasteiger partial charge >= 0.3 is 0 Å². The Morgan fingerprint density at radius 2 is 1.00 bits per heavy atom. The van der Waals surface area contributed by atoms with Gasteiger partial charge in [-0.15, -0.1) is 0 Å². The number of hydrogen-bond donors (Lipinski definition) is 0. The Kier molecular flexibility index (Phi) is 7.38. The predicted octanol–water partition coefficient (Wildman–Crippen LogP) is 9.97. The molecule has 5 heteroatoms. The minimum Gasteiger partial charge on any atom is -0.309 e. The van der Waals surface area contributed by atoms with Gasteiger partial charge in [-0.2, -0.15) is 0 Å². The molecule has 0 unspecified atom stereocenters. The fourth-order valence-corrected chi connectivity index (χ4v) is 9.69. The van der Waals surface area contributed by atoms with E-state index in [1.54, 1.807) is 6.20 Å². The monoisotopic (exact) mass is 659 g/mol. The average molecular weight is 660 g/mol. The smallest absolute Gasteiger partial charge is 0.171 e. The van der Waals surface area contributed by atoms with E-state index in [0.29, 0.717) is 0 Å². The topological polar surface area (TPSA) is 55.7 Å². The second-order valence-corrected chi connectivity index (χ2v) is 15.1. The number of aromatic nitrogens is 3. The van der Waals surface area contributed by atoms with Crippen LogP contribution in [0.3, 0.4) is 0 Å². The van der Waals surface area contributed by atoms with Gasteiger partial charge in [-0.25, -0.2) is 9.97 Å². The van der Waals surface area contributed by atoms with Crippen molar-refractivity contribution in [3.05, 3.63) is 182 Å². The largest absolute Gasteiger partial charge is 0.309 e. The molecule has 6 aromatic carbocycles. The van der Waals surface area contributed by atoms with E-state index in [2.05, 4.69) is 71.7 Å². The van der Waals surface area contributed by atoms with Gasteiger partial charge in [0.1, 0.15) is 0 Å². The zero-order valence-electron chi connectivity index (χ0n) is 27.0. The second kappa shape index (κ2) is 12.3. The van der Waals surface area contributed by atoms with Gasteiger partial charge in [-0.05, 0) is 47.2 Å². The van der Waals surface area contributed by atoms with Crippen molar-refractivity contribution in [3.63, 3.8) is 0 Å². The molecule has 0 bridgehead atoms. The van der Waals surface area contributed by atoms with Gasteiger partial charge in [0.2, 0.25) is 0 Å². The quantitative estimate of drug-likeness (QED) is 0.132. The van der Waals surface area contributed by atoms with Crippen LogP contribution < -0.4 is 15.9 Å². The summed E-state index contributed by atoms with van der Waals surface area (Å²) in [5.74, 6) is 0. The Bertz CT molecular complexity index is 2670. The summed E-state index contributed by atoms with van der Waals surface area (Å²) in [6, 6.07) is 58.8. The minimum absolute atomic E-state index is 0.783. The van der Waals surface area contributed by atoms with Gasteiger partial charge in [0.25, 0.3) is 0 Å². The highest BCUT2D eigenvalue weighted by molar-refractivity contribution is 7.85. The van der Waals surface area contributed by atoms with Crippen LogP contribution in [0.1, 0.15) is 0 Å². The van der Waals surface area contributed by atoms with E-state index in [-0.39, 0.29) is 0 Å². The van der Waals surface area contributed by atoms with Crippen molar-refractivity contribution in [1.82, 2.24) is 15.0 Å². The maximum Gasteiger partial charge on any atom is 0.171 e. The van der Waals surface area contributed by atoms with Crippen molar-refractivity contribution < 1.29 is 4.57 Å². The fraction of sp³-hybridized carbons (Fsp3) is 0. The normalized spacial score (nSPS) is 11.7. The predicted molar refractivity (Wildman–Crippen MR) is 208 cm³/mol. The molecule has 50 heavy (non-hydrogen) atoms. The third-order valence-corrected chi connectivity index (χ3v) is 12.5. The summed E-state index contributed by atoms with van der Waals surface area (Å²) in [6.45, 7) is 0. The lowest BCUT2D eigenvalue weighted by Gasteiger charge is -2.20. The van der Waals surface area contributed by atoms with Gasteiger partial charge in [0, 0.05) is 49.4 Å². The molecule has 3 heterocycles. The van der Waals surface area contributed by atoms with E-state index in [0.717, 1.165) is 82.3 Å². The molecule has 0 aliphatic rings. The van der Waals surface area contributed by atoms with Crippen LogP contribution in [-0.2, 0) is 4.57 Å². The number of fused-ring (bicyclic) bond motifs is 5. The van der Waals surface area contributed by atoms with E-state index < -0.39 is 7.14 Å². The first-order valence-corrected chi connectivity index (χ1v) is 18.3. The molecule has 3 aromatic heterocycles. The molecule has 0 saturated heterocycles. The summed E-state index contributed by atoms with van der Waals surface area (Å²) in [4.78, 5) is 15.0. The molecular weight excluding hydrogens is 629 g/mol. The van der Waals surface area contributed by atoms with Crippen molar-refractivity contribution in [1.29, 1.82) is 0 Å². The standard InChI is InChI=1S/C45H30N3OP/c49-50(32-14-3-1-4-15-32,33-16-5-2-6-17-33)34-27-25-31(26-28-34)45-39-30-38(41-23-13-24-43(47-41)42-22-11-12-29-46-42)35-18-7-8-19-36(35)44(39)37-20-9-10-21-40(37)48-45/h1-30H. The van der Waals surface area contributed by atoms with Crippen molar-refractivity contribution in [2.75, 3.05) is 0 Å². The van der Waals surface area contributed by atoms with Gasteiger partial charge in [0.15, 0.2) is 7.14 Å².